The predicted molar refractivity (Wildman–Crippen MR) is 76.8 cm³/mol. The fourth-order valence-electron chi connectivity index (χ4n) is 1.90. The van der Waals surface area contributed by atoms with Gasteiger partial charge in [-0.3, -0.25) is 4.79 Å². The maximum Gasteiger partial charge on any atom is 0.243 e. The van der Waals surface area contributed by atoms with Crippen LogP contribution in [0.15, 0.2) is 24.3 Å². The Morgan fingerprint density at radius 2 is 2.06 bits per heavy atom. The van der Waals surface area contributed by atoms with Crippen molar-refractivity contribution < 1.29 is 4.79 Å². The third-order valence-corrected chi connectivity index (χ3v) is 3.17. The molecule has 1 unspecified atom stereocenters. The van der Waals surface area contributed by atoms with E-state index in [1.807, 2.05) is 19.1 Å². The molecule has 0 fully saturated rings. The molecule has 0 aliphatic heterocycles. The van der Waals surface area contributed by atoms with Gasteiger partial charge < -0.3 is 10.6 Å². The van der Waals surface area contributed by atoms with Gasteiger partial charge in [0.25, 0.3) is 0 Å². The van der Waals surface area contributed by atoms with E-state index in [1.54, 1.807) is 11.9 Å². The summed E-state index contributed by atoms with van der Waals surface area (Å²) in [6.07, 6.45) is 1.65. The fourth-order valence-corrected chi connectivity index (χ4v) is 1.90. The first-order valence-corrected chi connectivity index (χ1v) is 6.60. The van der Waals surface area contributed by atoms with Gasteiger partial charge >= 0.3 is 0 Å². The van der Waals surface area contributed by atoms with Crippen molar-refractivity contribution in [2.45, 2.75) is 45.6 Å². The molecule has 100 valence electrons. The highest BCUT2D eigenvalue weighted by atomic mass is 16.2. The molecule has 18 heavy (non-hydrogen) atoms. The second kappa shape index (κ2) is 6.55. The average Bonchev–Trinajstić information content (AvgIpc) is 2.37. The number of anilines is 1. The quantitative estimate of drug-likeness (QED) is 0.871. The zero-order chi connectivity index (χ0) is 13.7. The van der Waals surface area contributed by atoms with Crippen molar-refractivity contribution in [2.75, 3.05) is 11.9 Å². The normalized spacial score (nSPS) is 12.6. The molecular weight excluding hydrogens is 224 g/mol. The summed E-state index contributed by atoms with van der Waals surface area (Å²) < 4.78 is 0. The molecule has 0 spiro atoms. The minimum absolute atomic E-state index is 0.0160. The highest BCUT2D eigenvalue weighted by Gasteiger charge is 2.18. The number of likely N-dealkylation sites (N-methyl/N-ethyl adjacent to an activating group) is 1. The molecule has 3 nitrogen and oxygen atoms in total. The maximum absolute atomic E-state index is 12.1. The highest BCUT2D eigenvalue weighted by Crippen LogP contribution is 2.21. The lowest BCUT2D eigenvalue weighted by Crippen LogP contribution is -2.41. The van der Waals surface area contributed by atoms with Crippen molar-refractivity contribution in [1.82, 2.24) is 0 Å². The Bertz CT molecular complexity index is 401. The summed E-state index contributed by atoms with van der Waals surface area (Å²) in [4.78, 5) is 13.8. The third kappa shape index (κ3) is 3.57. The van der Waals surface area contributed by atoms with Gasteiger partial charge in [0.1, 0.15) is 0 Å². The minimum atomic E-state index is -0.400. The Balaban J connectivity index is 2.86. The summed E-state index contributed by atoms with van der Waals surface area (Å²) >= 11 is 0. The van der Waals surface area contributed by atoms with Gasteiger partial charge in [-0.2, -0.15) is 0 Å². The van der Waals surface area contributed by atoms with Crippen LogP contribution in [0.1, 0.15) is 45.1 Å². The number of nitrogens with two attached hydrogens (primary N) is 1. The number of hydrogen-bond acceptors (Lipinski definition) is 2. The van der Waals surface area contributed by atoms with Crippen LogP contribution in [0.3, 0.4) is 0 Å². The zero-order valence-corrected chi connectivity index (χ0v) is 11.8. The van der Waals surface area contributed by atoms with Crippen molar-refractivity contribution >= 4 is 11.6 Å². The van der Waals surface area contributed by atoms with E-state index in [4.69, 9.17) is 5.73 Å². The predicted octanol–water partition coefficient (Wildman–Crippen LogP) is 2.90. The summed E-state index contributed by atoms with van der Waals surface area (Å²) in [5.41, 5.74) is 8.02. The van der Waals surface area contributed by atoms with E-state index in [9.17, 15) is 4.79 Å². The number of carbonyl (C=O) groups excluding carboxylic acids is 1. The van der Waals surface area contributed by atoms with Crippen molar-refractivity contribution in [3.63, 3.8) is 0 Å². The van der Waals surface area contributed by atoms with Crippen molar-refractivity contribution in [3.05, 3.63) is 29.8 Å². The Morgan fingerprint density at radius 3 is 2.61 bits per heavy atom. The first-order valence-electron chi connectivity index (χ1n) is 6.60. The molecule has 1 atom stereocenters. The van der Waals surface area contributed by atoms with Crippen LogP contribution < -0.4 is 10.6 Å². The molecule has 2 N–H and O–H groups in total. The molecular formula is C15H24N2O. The number of benzene rings is 1. The van der Waals surface area contributed by atoms with Crippen LogP contribution in [0.25, 0.3) is 0 Å². The van der Waals surface area contributed by atoms with Gasteiger partial charge in [0.05, 0.1) is 6.04 Å². The largest absolute Gasteiger partial charge is 0.320 e. The van der Waals surface area contributed by atoms with Gasteiger partial charge in [0, 0.05) is 12.7 Å². The molecule has 0 aliphatic rings. The lowest BCUT2D eigenvalue weighted by Gasteiger charge is -2.22. The van der Waals surface area contributed by atoms with Crippen LogP contribution in [0, 0.1) is 0 Å². The van der Waals surface area contributed by atoms with Gasteiger partial charge in [0.2, 0.25) is 5.91 Å². The van der Waals surface area contributed by atoms with E-state index < -0.39 is 6.04 Å². The molecule has 3 heteroatoms. The van der Waals surface area contributed by atoms with Crippen LogP contribution >= 0.6 is 0 Å². The van der Waals surface area contributed by atoms with Gasteiger partial charge in [-0.25, -0.2) is 0 Å². The highest BCUT2D eigenvalue weighted by molar-refractivity contribution is 5.96. The first-order chi connectivity index (χ1) is 8.47. The standard InChI is InChI=1S/C15H24N2O/c1-5-7-14(16)15(18)17(4)13-9-6-8-12(10-13)11(2)3/h6,8-11,14H,5,7,16H2,1-4H3. The van der Waals surface area contributed by atoms with Crippen LogP contribution in [0.2, 0.25) is 0 Å². The summed E-state index contributed by atoms with van der Waals surface area (Å²) in [6.45, 7) is 6.32. The fraction of sp³-hybridized carbons (Fsp3) is 0.533. The molecule has 1 aromatic rings. The number of hydrogen-bond donors (Lipinski definition) is 1. The second-order valence-electron chi connectivity index (χ2n) is 5.04. The number of rotatable bonds is 5. The van der Waals surface area contributed by atoms with E-state index in [-0.39, 0.29) is 5.91 Å². The van der Waals surface area contributed by atoms with Gasteiger partial charge in [-0.1, -0.05) is 39.3 Å². The van der Waals surface area contributed by atoms with Crippen LogP contribution in [0.4, 0.5) is 5.69 Å². The molecule has 0 saturated carbocycles. The summed E-state index contributed by atoms with van der Waals surface area (Å²) in [6, 6.07) is 7.67. The number of carbonyl (C=O) groups is 1. The third-order valence-electron chi connectivity index (χ3n) is 3.17. The average molecular weight is 248 g/mol. The summed E-state index contributed by atoms with van der Waals surface area (Å²) in [7, 11) is 1.79. The smallest absolute Gasteiger partial charge is 0.243 e. The molecule has 0 saturated heterocycles. The molecule has 1 rings (SSSR count). The molecule has 0 aliphatic carbocycles. The van der Waals surface area contributed by atoms with Crippen LogP contribution in [0.5, 0.6) is 0 Å². The van der Waals surface area contributed by atoms with Gasteiger partial charge in [0.15, 0.2) is 0 Å². The van der Waals surface area contributed by atoms with Gasteiger partial charge in [-0.15, -0.1) is 0 Å². The SMILES string of the molecule is CCCC(N)C(=O)N(C)c1cccc(C(C)C)c1. The van der Waals surface area contributed by atoms with E-state index in [0.717, 1.165) is 18.5 Å². The van der Waals surface area contributed by atoms with Crippen LogP contribution in [-0.4, -0.2) is 19.0 Å². The Kier molecular flexibility index (Phi) is 5.35. The van der Waals surface area contributed by atoms with E-state index in [0.29, 0.717) is 5.92 Å². The van der Waals surface area contributed by atoms with Crippen molar-refractivity contribution in [2.24, 2.45) is 5.73 Å². The molecule has 0 heterocycles. The number of amides is 1. The Morgan fingerprint density at radius 1 is 1.39 bits per heavy atom. The maximum atomic E-state index is 12.1. The minimum Gasteiger partial charge on any atom is -0.320 e. The Labute approximate surface area is 110 Å². The second-order valence-corrected chi connectivity index (χ2v) is 5.04. The molecule has 1 amide bonds. The van der Waals surface area contributed by atoms with Crippen molar-refractivity contribution in [3.8, 4) is 0 Å². The Hall–Kier alpha value is -1.35. The molecule has 1 aromatic carbocycles. The molecule has 0 aromatic heterocycles. The van der Waals surface area contributed by atoms with Gasteiger partial charge in [-0.05, 0) is 30.0 Å². The molecule has 0 radical (unpaired) electrons. The topological polar surface area (TPSA) is 46.3 Å². The van der Waals surface area contributed by atoms with E-state index in [1.165, 1.54) is 5.56 Å². The van der Waals surface area contributed by atoms with E-state index in [2.05, 4.69) is 26.0 Å². The van der Waals surface area contributed by atoms with Crippen LogP contribution in [-0.2, 0) is 4.79 Å². The lowest BCUT2D eigenvalue weighted by atomic mass is 10.0. The summed E-state index contributed by atoms with van der Waals surface area (Å²) in [5.74, 6) is 0.440. The van der Waals surface area contributed by atoms with E-state index >= 15 is 0 Å². The zero-order valence-electron chi connectivity index (χ0n) is 11.8. The summed E-state index contributed by atoms with van der Waals surface area (Å²) in [5, 5.41) is 0. The number of nitrogens with zero attached hydrogens (tertiary/aromatic N) is 1. The molecule has 0 bridgehead atoms. The van der Waals surface area contributed by atoms with Crippen molar-refractivity contribution in [1.29, 1.82) is 0 Å². The first kappa shape index (κ1) is 14.7. The lowest BCUT2D eigenvalue weighted by molar-refractivity contribution is -0.119. The monoisotopic (exact) mass is 248 g/mol.